The molecule has 0 saturated carbocycles. The molecule has 0 aliphatic rings. The van der Waals surface area contributed by atoms with Crippen molar-refractivity contribution in [3.63, 3.8) is 0 Å². The van der Waals surface area contributed by atoms with Crippen LogP contribution in [0.5, 0.6) is 0 Å². The lowest BCUT2D eigenvalue weighted by molar-refractivity contribution is 1.28. The molecule has 0 bridgehead atoms. The molecule has 6 rings (SSSR count). The largest absolute Gasteiger partial charge is 0.311 e. The maximum absolute atomic E-state index is 2.28. The maximum Gasteiger partial charge on any atom is 0.0462 e. The van der Waals surface area contributed by atoms with Crippen LogP contribution in [0.4, 0.5) is 34.1 Å². The standard InChI is InChI=1S/C36H28N2.6C2H6.I2/c1-5-13-31(14-6-1)37(32-15-7-2-8-16-32)35-25-21-29(22-26-35)30-23-27-36(28-24-30)38(33-17-9-3-10-18-33)34-19-11-4-12-20-34;7*1-2/h1-28H;6*1-2H3;. The summed E-state index contributed by atoms with van der Waals surface area (Å²) >= 11 is 4.24. The zero-order valence-electron chi connectivity index (χ0n) is 33.8. The minimum Gasteiger partial charge on any atom is -0.311 e. The normalized spacial score (nSPS) is 8.58. The van der Waals surface area contributed by atoms with Crippen LogP contribution in [0.25, 0.3) is 11.1 Å². The van der Waals surface area contributed by atoms with Gasteiger partial charge in [0.15, 0.2) is 0 Å². The van der Waals surface area contributed by atoms with Crippen molar-refractivity contribution in [3.8, 4) is 11.1 Å². The highest BCUT2D eigenvalue weighted by molar-refractivity contribution is 15.0. The molecule has 0 amide bonds. The number of para-hydroxylation sites is 4. The van der Waals surface area contributed by atoms with Gasteiger partial charge in [0.05, 0.1) is 0 Å². The fourth-order valence-corrected chi connectivity index (χ4v) is 4.81. The first-order chi connectivity index (χ1) is 25.9. The van der Waals surface area contributed by atoms with Gasteiger partial charge in [0.25, 0.3) is 0 Å². The average Bonchev–Trinajstić information content (AvgIpc) is 3.28. The molecule has 0 atom stereocenters. The van der Waals surface area contributed by atoms with E-state index in [-0.39, 0.29) is 0 Å². The molecule has 0 unspecified atom stereocenters. The van der Waals surface area contributed by atoms with E-state index in [0.717, 1.165) is 34.1 Å². The molecule has 0 heterocycles. The molecule has 280 valence electrons. The van der Waals surface area contributed by atoms with Crippen LogP contribution in [0.2, 0.25) is 0 Å². The van der Waals surface area contributed by atoms with E-state index in [1.807, 2.05) is 83.1 Å². The SMILES string of the molecule is CC.CC.CC.CC.CC.CC.II.c1ccc(N(c2ccccc2)c2ccc(-c3ccc(N(c4ccccc4)c4ccccc4)cc3)cc2)cc1. The summed E-state index contributed by atoms with van der Waals surface area (Å²) in [5.41, 5.74) is 9.18. The smallest absolute Gasteiger partial charge is 0.0462 e. The first-order valence-electron chi connectivity index (χ1n) is 19.0. The fourth-order valence-electron chi connectivity index (χ4n) is 4.81. The van der Waals surface area contributed by atoms with E-state index in [2.05, 4.69) is 217 Å². The summed E-state index contributed by atoms with van der Waals surface area (Å²) < 4.78 is 0. The number of nitrogens with zero attached hydrogens (tertiary/aromatic N) is 2. The molecule has 0 spiro atoms. The second-order valence-electron chi connectivity index (χ2n) is 9.11. The number of anilines is 6. The number of hydrogen-bond donors (Lipinski definition) is 0. The first kappa shape index (κ1) is 50.5. The summed E-state index contributed by atoms with van der Waals surface area (Å²) in [6.45, 7) is 24.0. The minimum absolute atomic E-state index is 1.13. The van der Waals surface area contributed by atoms with Gasteiger partial charge in [-0.15, -0.1) is 0 Å². The van der Waals surface area contributed by atoms with Crippen LogP contribution >= 0.6 is 37.2 Å². The molecule has 0 N–H and O–H groups in total. The second kappa shape index (κ2) is 34.5. The third-order valence-electron chi connectivity index (χ3n) is 6.64. The fraction of sp³-hybridized carbons (Fsp3) is 0.250. The predicted octanol–water partition coefficient (Wildman–Crippen LogP) is 18.2. The Balaban J connectivity index is 0. The quantitative estimate of drug-likeness (QED) is 0.147. The zero-order chi connectivity index (χ0) is 39.6. The molecular formula is C48H64I2N2. The van der Waals surface area contributed by atoms with Crippen LogP contribution in [-0.2, 0) is 0 Å². The minimum atomic E-state index is 1.13. The number of benzene rings is 6. The van der Waals surface area contributed by atoms with Crippen molar-refractivity contribution in [3.05, 3.63) is 170 Å². The first-order valence-corrected chi connectivity index (χ1v) is 25.3. The summed E-state index contributed by atoms with van der Waals surface area (Å²) in [5, 5.41) is 0. The third kappa shape index (κ3) is 16.4. The zero-order valence-corrected chi connectivity index (χ0v) is 38.1. The molecule has 52 heavy (non-hydrogen) atoms. The third-order valence-corrected chi connectivity index (χ3v) is 6.64. The Labute approximate surface area is 342 Å². The van der Waals surface area contributed by atoms with Gasteiger partial charge in [-0.2, -0.15) is 0 Å². The Morgan fingerprint density at radius 3 is 0.558 bits per heavy atom. The van der Waals surface area contributed by atoms with Gasteiger partial charge >= 0.3 is 0 Å². The topological polar surface area (TPSA) is 6.48 Å². The monoisotopic (exact) mass is 922 g/mol. The summed E-state index contributed by atoms with van der Waals surface area (Å²) in [4.78, 5) is 4.56. The van der Waals surface area contributed by atoms with Gasteiger partial charge in [-0.25, -0.2) is 0 Å². The molecule has 4 heteroatoms. The molecule has 6 aromatic carbocycles. The second-order valence-corrected chi connectivity index (χ2v) is 9.11. The molecular weight excluding hydrogens is 858 g/mol. The summed E-state index contributed by atoms with van der Waals surface area (Å²) in [6.07, 6.45) is 0. The highest BCUT2D eigenvalue weighted by atomic mass is 128. The predicted molar refractivity (Wildman–Crippen MR) is 257 cm³/mol. The number of halogens is 2. The Kier molecular flexibility index (Phi) is 33.5. The van der Waals surface area contributed by atoms with Crippen molar-refractivity contribution in [2.45, 2.75) is 83.1 Å². The van der Waals surface area contributed by atoms with Gasteiger partial charge < -0.3 is 9.80 Å². The highest BCUT2D eigenvalue weighted by Gasteiger charge is 2.14. The lowest BCUT2D eigenvalue weighted by Gasteiger charge is -2.26. The van der Waals surface area contributed by atoms with Crippen LogP contribution in [0.15, 0.2) is 170 Å². The van der Waals surface area contributed by atoms with Gasteiger partial charge in [0.2, 0.25) is 0 Å². The van der Waals surface area contributed by atoms with E-state index in [0.29, 0.717) is 0 Å². The molecule has 6 aromatic rings. The van der Waals surface area contributed by atoms with E-state index in [4.69, 9.17) is 0 Å². The van der Waals surface area contributed by atoms with E-state index in [1.165, 1.54) is 11.1 Å². The Bertz CT molecular complexity index is 1370. The maximum atomic E-state index is 2.28. The van der Waals surface area contributed by atoms with Gasteiger partial charge in [0, 0.05) is 71.4 Å². The van der Waals surface area contributed by atoms with Crippen LogP contribution in [0.1, 0.15) is 83.1 Å². The van der Waals surface area contributed by atoms with E-state index >= 15 is 0 Å². The summed E-state index contributed by atoms with van der Waals surface area (Å²) in [6, 6.07) is 59.6. The average molecular weight is 923 g/mol. The molecule has 0 aliphatic carbocycles. The summed E-state index contributed by atoms with van der Waals surface area (Å²) in [5.74, 6) is 0. The van der Waals surface area contributed by atoms with Crippen LogP contribution < -0.4 is 9.80 Å². The Morgan fingerprint density at radius 1 is 0.231 bits per heavy atom. The van der Waals surface area contributed by atoms with Crippen LogP contribution in [0.3, 0.4) is 0 Å². The lowest BCUT2D eigenvalue weighted by atomic mass is 10.0. The molecule has 0 fully saturated rings. The number of rotatable bonds is 7. The number of hydrogen-bond acceptors (Lipinski definition) is 2. The van der Waals surface area contributed by atoms with Crippen molar-refractivity contribution >= 4 is 71.4 Å². The molecule has 2 nitrogen and oxygen atoms in total. The Hall–Kier alpha value is -3.62. The van der Waals surface area contributed by atoms with Gasteiger partial charge in [-0.05, 0) is 83.9 Å². The van der Waals surface area contributed by atoms with Crippen molar-refractivity contribution < 1.29 is 0 Å². The highest BCUT2D eigenvalue weighted by Crippen LogP contribution is 2.37. The van der Waals surface area contributed by atoms with Gasteiger partial charge in [-0.1, -0.05) is 180 Å². The molecule has 0 aromatic heterocycles. The van der Waals surface area contributed by atoms with Crippen LogP contribution in [0, 0.1) is 0 Å². The van der Waals surface area contributed by atoms with Crippen LogP contribution in [-0.4, -0.2) is 0 Å². The van der Waals surface area contributed by atoms with Gasteiger partial charge in [-0.3, -0.25) is 0 Å². The van der Waals surface area contributed by atoms with E-state index < -0.39 is 0 Å². The van der Waals surface area contributed by atoms with E-state index in [1.54, 1.807) is 0 Å². The van der Waals surface area contributed by atoms with Gasteiger partial charge in [0.1, 0.15) is 0 Å². The molecule has 0 radical (unpaired) electrons. The molecule has 0 aliphatic heterocycles. The van der Waals surface area contributed by atoms with Crippen molar-refractivity contribution in [1.29, 1.82) is 0 Å². The van der Waals surface area contributed by atoms with Crippen molar-refractivity contribution in [2.24, 2.45) is 0 Å². The van der Waals surface area contributed by atoms with Crippen molar-refractivity contribution in [2.75, 3.05) is 9.80 Å². The molecule has 0 saturated heterocycles. The summed E-state index contributed by atoms with van der Waals surface area (Å²) in [7, 11) is 0. The lowest BCUT2D eigenvalue weighted by Crippen LogP contribution is -2.09. The van der Waals surface area contributed by atoms with Crippen molar-refractivity contribution in [1.82, 2.24) is 0 Å². The van der Waals surface area contributed by atoms with E-state index in [9.17, 15) is 0 Å². The Morgan fingerprint density at radius 2 is 0.385 bits per heavy atom.